The van der Waals surface area contributed by atoms with Crippen LogP contribution in [0.5, 0.6) is 0 Å². The van der Waals surface area contributed by atoms with Crippen molar-refractivity contribution in [1.29, 1.82) is 0 Å². The Bertz CT molecular complexity index is 775. The normalized spacial score (nSPS) is 9.84. The monoisotopic (exact) mass is 358 g/mol. The summed E-state index contributed by atoms with van der Waals surface area (Å²) in [6.45, 7) is 2.09. The minimum atomic E-state index is -0.419. The van der Waals surface area contributed by atoms with E-state index in [4.69, 9.17) is 17.0 Å². The van der Waals surface area contributed by atoms with Gasteiger partial charge in [0.15, 0.2) is 5.11 Å². The fourth-order valence-electron chi connectivity index (χ4n) is 2.04. The Labute approximate surface area is 151 Å². The fraction of sp³-hybridized carbons (Fsp3) is 0.167. The second-order valence-corrected chi connectivity index (χ2v) is 5.36. The molecular weight excluding hydrogens is 340 g/mol. The number of carbonyl (C=O) groups excluding carboxylic acids is 2. The van der Waals surface area contributed by atoms with Gasteiger partial charge in [-0.15, -0.1) is 0 Å². The van der Waals surface area contributed by atoms with Crippen LogP contribution in [0.1, 0.15) is 27.6 Å². The first kappa shape index (κ1) is 18.4. The van der Waals surface area contributed by atoms with E-state index in [1.807, 2.05) is 0 Å². The number of nitrogens with one attached hydrogen (secondary N) is 2. The number of rotatable bonds is 5. The van der Waals surface area contributed by atoms with E-state index in [0.717, 1.165) is 5.69 Å². The molecule has 2 aromatic rings. The molecular formula is C18H18N2O4S. The summed E-state index contributed by atoms with van der Waals surface area (Å²) < 4.78 is 9.62. The highest BCUT2D eigenvalue weighted by molar-refractivity contribution is 7.80. The molecule has 130 valence electrons. The summed E-state index contributed by atoms with van der Waals surface area (Å²) >= 11 is 5.25. The zero-order valence-corrected chi connectivity index (χ0v) is 14.7. The number of hydrogen-bond acceptors (Lipinski definition) is 5. The van der Waals surface area contributed by atoms with Crippen LogP contribution >= 0.6 is 12.2 Å². The van der Waals surface area contributed by atoms with Gasteiger partial charge < -0.3 is 20.1 Å². The number of methoxy groups -OCH3 is 1. The molecule has 7 heteroatoms. The molecule has 0 bridgehead atoms. The van der Waals surface area contributed by atoms with E-state index in [9.17, 15) is 9.59 Å². The van der Waals surface area contributed by atoms with Gasteiger partial charge in [0.05, 0.1) is 24.8 Å². The number of anilines is 2. The number of esters is 2. The highest BCUT2D eigenvalue weighted by atomic mass is 32.1. The lowest BCUT2D eigenvalue weighted by molar-refractivity contribution is 0.0525. The summed E-state index contributed by atoms with van der Waals surface area (Å²) in [7, 11) is 1.33. The van der Waals surface area contributed by atoms with Crippen LogP contribution in [0.15, 0.2) is 48.5 Å². The molecule has 0 heterocycles. The molecule has 0 fully saturated rings. The predicted molar refractivity (Wildman–Crippen MR) is 100 cm³/mol. The first-order chi connectivity index (χ1) is 12.0. The number of ether oxygens (including phenoxy) is 2. The van der Waals surface area contributed by atoms with Gasteiger partial charge in [0.2, 0.25) is 0 Å². The van der Waals surface area contributed by atoms with Crippen LogP contribution in [-0.4, -0.2) is 30.8 Å². The molecule has 0 spiro atoms. The van der Waals surface area contributed by atoms with Crippen LogP contribution < -0.4 is 10.6 Å². The van der Waals surface area contributed by atoms with Crippen molar-refractivity contribution in [2.24, 2.45) is 0 Å². The summed E-state index contributed by atoms with van der Waals surface area (Å²) in [5.41, 5.74) is 2.27. The van der Waals surface area contributed by atoms with Crippen LogP contribution in [0.25, 0.3) is 0 Å². The average Bonchev–Trinajstić information content (AvgIpc) is 2.62. The van der Waals surface area contributed by atoms with Crippen molar-refractivity contribution in [2.45, 2.75) is 6.92 Å². The first-order valence-electron chi connectivity index (χ1n) is 7.57. The third-order valence-electron chi connectivity index (χ3n) is 3.20. The van der Waals surface area contributed by atoms with Crippen molar-refractivity contribution < 1.29 is 19.1 Å². The molecule has 2 rings (SSSR count). The van der Waals surface area contributed by atoms with E-state index < -0.39 is 5.97 Å². The van der Waals surface area contributed by atoms with Gasteiger partial charge in [-0.2, -0.15) is 0 Å². The molecule has 0 saturated heterocycles. The second kappa shape index (κ2) is 8.79. The minimum absolute atomic E-state index is 0.331. The maximum Gasteiger partial charge on any atom is 0.338 e. The van der Waals surface area contributed by atoms with Crippen molar-refractivity contribution in [3.8, 4) is 0 Å². The highest BCUT2D eigenvalue weighted by Crippen LogP contribution is 2.14. The largest absolute Gasteiger partial charge is 0.465 e. The van der Waals surface area contributed by atoms with E-state index in [1.165, 1.54) is 7.11 Å². The lowest BCUT2D eigenvalue weighted by atomic mass is 10.2. The maximum absolute atomic E-state index is 11.6. The average molecular weight is 358 g/mol. The quantitative estimate of drug-likeness (QED) is 0.626. The molecule has 0 saturated carbocycles. The van der Waals surface area contributed by atoms with Crippen molar-refractivity contribution >= 4 is 40.6 Å². The summed E-state index contributed by atoms with van der Waals surface area (Å²) in [5, 5.41) is 6.34. The standard InChI is InChI=1S/C18H18N2O4S/c1-3-24-17(22)12-7-9-14(10-8-12)19-18(25)20-15-6-4-5-13(11-15)16(21)23-2/h4-11H,3H2,1-2H3,(H2,19,20,25). The predicted octanol–water partition coefficient (Wildman–Crippen LogP) is 3.46. The molecule has 0 aliphatic carbocycles. The van der Waals surface area contributed by atoms with Gasteiger partial charge in [0, 0.05) is 11.4 Å². The van der Waals surface area contributed by atoms with E-state index in [0.29, 0.717) is 28.5 Å². The number of hydrogen-bond donors (Lipinski definition) is 2. The molecule has 25 heavy (non-hydrogen) atoms. The van der Waals surface area contributed by atoms with Crippen LogP contribution in [0.2, 0.25) is 0 Å². The maximum atomic E-state index is 11.6. The molecule has 0 atom stereocenters. The molecule has 0 amide bonds. The zero-order valence-electron chi connectivity index (χ0n) is 13.9. The van der Waals surface area contributed by atoms with Crippen LogP contribution in [0, 0.1) is 0 Å². The minimum Gasteiger partial charge on any atom is -0.465 e. The van der Waals surface area contributed by atoms with Gasteiger partial charge in [-0.05, 0) is 61.6 Å². The fourth-order valence-corrected chi connectivity index (χ4v) is 2.27. The molecule has 0 aliphatic rings. The smallest absolute Gasteiger partial charge is 0.338 e. The van der Waals surface area contributed by atoms with Crippen LogP contribution in [0.4, 0.5) is 11.4 Å². The number of thiocarbonyl (C=S) groups is 1. The second-order valence-electron chi connectivity index (χ2n) is 4.95. The lowest BCUT2D eigenvalue weighted by Gasteiger charge is -2.11. The van der Waals surface area contributed by atoms with Gasteiger partial charge in [-0.1, -0.05) is 6.07 Å². The van der Waals surface area contributed by atoms with Crippen molar-refractivity contribution in [2.75, 3.05) is 24.4 Å². The highest BCUT2D eigenvalue weighted by Gasteiger charge is 2.08. The Morgan fingerprint density at radius 3 is 2.28 bits per heavy atom. The number of carbonyl (C=O) groups is 2. The molecule has 0 unspecified atom stereocenters. The van der Waals surface area contributed by atoms with Crippen LogP contribution in [0.3, 0.4) is 0 Å². The third-order valence-corrected chi connectivity index (χ3v) is 3.40. The Balaban J connectivity index is 1.98. The van der Waals surface area contributed by atoms with E-state index in [-0.39, 0.29) is 5.97 Å². The Kier molecular flexibility index (Phi) is 6.47. The molecule has 2 N–H and O–H groups in total. The SMILES string of the molecule is CCOC(=O)c1ccc(NC(=S)Nc2cccc(C(=O)OC)c2)cc1. The zero-order chi connectivity index (χ0) is 18.2. The molecule has 0 aromatic heterocycles. The van der Waals surface area contributed by atoms with Gasteiger partial charge >= 0.3 is 11.9 Å². The lowest BCUT2D eigenvalue weighted by Crippen LogP contribution is -2.19. The van der Waals surface area contributed by atoms with Crippen molar-refractivity contribution in [1.82, 2.24) is 0 Å². The Hall–Kier alpha value is -2.93. The summed E-state index contributed by atoms with van der Waals surface area (Å²) in [5.74, 6) is -0.786. The molecule has 0 aliphatic heterocycles. The van der Waals surface area contributed by atoms with Gasteiger partial charge in [0.1, 0.15) is 0 Å². The van der Waals surface area contributed by atoms with E-state index >= 15 is 0 Å². The van der Waals surface area contributed by atoms with Gasteiger partial charge in [0.25, 0.3) is 0 Å². The first-order valence-corrected chi connectivity index (χ1v) is 7.98. The molecule has 6 nitrogen and oxygen atoms in total. The molecule has 0 radical (unpaired) electrons. The summed E-state index contributed by atoms with van der Waals surface area (Å²) in [4.78, 5) is 23.2. The van der Waals surface area contributed by atoms with Crippen molar-refractivity contribution in [3.63, 3.8) is 0 Å². The van der Waals surface area contributed by atoms with Gasteiger partial charge in [-0.25, -0.2) is 9.59 Å². The van der Waals surface area contributed by atoms with Crippen molar-refractivity contribution in [3.05, 3.63) is 59.7 Å². The summed E-state index contributed by atoms with van der Waals surface area (Å²) in [6.07, 6.45) is 0. The Morgan fingerprint density at radius 2 is 1.64 bits per heavy atom. The van der Waals surface area contributed by atoms with E-state index in [2.05, 4.69) is 15.4 Å². The van der Waals surface area contributed by atoms with E-state index in [1.54, 1.807) is 55.5 Å². The summed E-state index contributed by atoms with van der Waals surface area (Å²) in [6, 6.07) is 13.6. The van der Waals surface area contributed by atoms with Crippen LogP contribution in [-0.2, 0) is 9.47 Å². The Morgan fingerprint density at radius 1 is 0.960 bits per heavy atom. The number of benzene rings is 2. The van der Waals surface area contributed by atoms with Gasteiger partial charge in [-0.3, -0.25) is 0 Å². The molecule has 2 aromatic carbocycles. The topological polar surface area (TPSA) is 76.7 Å². The third kappa shape index (κ3) is 5.29.